The maximum Gasteiger partial charge on any atom is 0.244 e. The van der Waals surface area contributed by atoms with Gasteiger partial charge in [-0.2, -0.15) is 4.31 Å². The fraction of sp³-hybridized carbons (Fsp3) is 0.500. The predicted molar refractivity (Wildman–Crippen MR) is 72.2 cm³/mol. The molecule has 1 aliphatic heterocycles. The Morgan fingerprint density at radius 1 is 1.44 bits per heavy atom. The van der Waals surface area contributed by atoms with Gasteiger partial charge >= 0.3 is 0 Å². The maximum absolute atomic E-state index is 12.5. The van der Waals surface area contributed by atoms with Crippen LogP contribution in [0.4, 0.5) is 0 Å². The Bertz CT molecular complexity index is 545. The summed E-state index contributed by atoms with van der Waals surface area (Å²) in [5, 5.41) is 0.272. The van der Waals surface area contributed by atoms with Crippen LogP contribution in [0.1, 0.15) is 18.4 Å². The smallest absolute Gasteiger partial charge is 0.244 e. The summed E-state index contributed by atoms with van der Waals surface area (Å²) < 4.78 is 26.3. The fourth-order valence-electron chi connectivity index (χ4n) is 2.15. The van der Waals surface area contributed by atoms with Crippen molar-refractivity contribution in [1.82, 2.24) is 4.31 Å². The van der Waals surface area contributed by atoms with Crippen molar-refractivity contribution in [2.75, 3.05) is 13.1 Å². The molecule has 0 aromatic heterocycles. The van der Waals surface area contributed by atoms with Gasteiger partial charge < -0.3 is 5.73 Å². The molecule has 0 bridgehead atoms. The van der Waals surface area contributed by atoms with Gasteiger partial charge in [0.2, 0.25) is 10.0 Å². The van der Waals surface area contributed by atoms with Crippen LogP contribution in [-0.2, 0) is 10.0 Å². The van der Waals surface area contributed by atoms with Crippen molar-refractivity contribution in [2.45, 2.75) is 30.7 Å². The van der Waals surface area contributed by atoms with Gasteiger partial charge in [0.15, 0.2) is 0 Å². The molecule has 1 unspecified atom stereocenters. The van der Waals surface area contributed by atoms with Gasteiger partial charge in [0, 0.05) is 19.1 Å². The molecule has 0 amide bonds. The molecule has 0 spiro atoms. The van der Waals surface area contributed by atoms with E-state index < -0.39 is 10.0 Å². The summed E-state index contributed by atoms with van der Waals surface area (Å²) in [7, 11) is -3.52. The number of benzene rings is 1. The van der Waals surface area contributed by atoms with Gasteiger partial charge in [-0.25, -0.2) is 8.42 Å². The zero-order chi connectivity index (χ0) is 13.3. The SMILES string of the molecule is Cc1ccc(S(=O)(=O)N2CCCC(N)C2)c(Cl)c1. The molecular formula is C12H17ClN2O2S. The summed E-state index contributed by atoms with van der Waals surface area (Å²) in [5.41, 5.74) is 6.76. The van der Waals surface area contributed by atoms with E-state index in [-0.39, 0.29) is 16.0 Å². The number of hydrogen-bond acceptors (Lipinski definition) is 3. The largest absolute Gasteiger partial charge is 0.327 e. The first kappa shape index (κ1) is 13.8. The van der Waals surface area contributed by atoms with Gasteiger partial charge in [-0.05, 0) is 37.5 Å². The van der Waals surface area contributed by atoms with E-state index in [1.807, 2.05) is 6.92 Å². The minimum atomic E-state index is -3.52. The topological polar surface area (TPSA) is 63.4 Å². The molecule has 100 valence electrons. The van der Waals surface area contributed by atoms with Crippen LogP contribution < -0.4 is 5.73 Å². The van der Waals surface area contributed by atoms with Crippen LogP contribution >= 0.6 is 11.6 Å². The van der Waals surface area contributed by atoms with Crippen molar-refractivity contribution in [3.05, 3.63) is 28.8 Å². The zero-order valence-electron chi connectivity index (χ0n) is 10.3. The molecule has 1 aromatic rings. The highest BCUT2D eigenvalue weighted by Crippen LogP contribution is 2.27. The molecule has 4 nitrogen and oxygen atoms in total. The van der Waals surface area contributed by atoms with Crippen LogP contribution in [0.5, 0.6) is 0 Å². The summed E-state index contributed by atoms with van der Waals surface area (Å²) in [4.78, 5) is 0.170. The molecule has 2 N–H and O–H groups in total. The number of aryl methyl sites for hydroxylation is 1. The van der Waals surface area contributed by atoms with E-state index in [4.69, 9.17) is 17.3 Å². The molecule has 1 aromatic carbocycles. The van der Waals surface area contributed by atoms with Gasteiger partial charge in [-0.1, -0.05) is 17.7 Å². The first-order chi connectivity index (χ1) is 8.41. The first-order valence-corrected chi connectivity index (χ1v) is 7.75. The average molecular weight is 289 g/mol. The van der Waals surface area contributed by atoms with Gasteiger partial charge in [0.05, 0.1) is 5.02 Å². The second-order valence-corrected chi connectivity index (χ2v) is 7.01. The van der Waals surface area contributed by atoms with Crippen molar-refractivity contribution in [2.24, 2.45) is 5.73 Å². The molecule has 1 saturated heterocycles. The highest BCUT2D eigenvalue weighted by Gasteiger charge is 2.30. The lowest BCUT2D eigenvalue weighted by atomic mass is 10.1. The molecule has 1 heterocycles. The highest BCUT2D eigenvalue weighted by molar-refractivity contribution is 7.89. The molecule has 1 fully saturated rings. The highest BCUT2D eigenvalue weighted by atomic mass is 35.5. The predicted octanol–water partition coefficient (Wildman–Crippen LogP) is 1.76. The van der Waals surface area contributed by atoms with Crippen molar-refractivity contribution in [3.8, 4) is 0 Å². The number of nitrogens with two attached hydrogens (primary N) is 1. The number of nitrogens with zero attached hydrogens (tertiary/aromatic N) is 1. The average Bonchev–Trinajstić information content (AvgIpc) is 2.28. The Balaban J connectivity index is 2.35. The standard InChI is InChI=1S/C12H17ClN2O2S/c1-9-4-5-12(11(13)7-9)18(16,17)15-6-2-3-10(14)8-15/h4-5,7,10H,2-3,6,8,14H2,1H3. The number of piperidine rings is 1. The van der Waals surface area contributed by atoms with Crippen molar-refractivity contribution in [3.63, 3.8) is 0 Å². The summed E-state index contributed by atoms with van der Waals surface area (Å²) in [5.74, 6) is 0. The van der Waals surface area contributed by atoms with Crippen LogP contribution in [0.3, 0.4) is 0 Å². The van der Waals surface area contributed by atoms with E-state index in [1.165, 1.54) is 4.31 Å². The normalized spacial score (nSPS) is 22.1. The second-order valence-electron chi connectivity index (χ2n) is 4.70. The first-order valence-electron chi connectivity index (χ1n) is 5.93. The molecule has 1 atom stereocenters. The third kappa shape index (κ3) is 2.69. The van der Waals surface area contributed by atoms with E-state index >= 15 is 0 Å². The minimum Gasteiger partial charge on any atom is -0.327 e. The van der Waals surface area contributed by atoms with E-state index in [0.29, 0.717) is 13.1 Å². The molecular weight excluding hydrogens is 272 g/mol. The van der Waals surface area contributed by atoms with Crippen LogP contribution in [0.15, 0.2) is 23.1 Å². The van der Waals surface area contributed by atoms with Crippen molar-refractivity contribution < 1.29 is 8.42 Å². The molecule has 1 aliphatic rings. The summed E-state index contributed by atoms with van der Waals surface area (Å²) in [6, 6.07) is 4.89. The monoisotopic (exact) mass is 288 g/mol. The quantitative estimate of drug-likeness (QED) is 0.902. The van der Waals surface area contributed by atoms with E-state index in [9.17, 15) is 8.42 Å². The molecule has 6 heteroatoms. The minimum absolute atomic E-state index is 0.0854. The van der Waals surface area contributed by atoms with Crippen LogP contribution in [0, 0.1) is 6.92 Å². The lowest BCUT2D eigenvalue weighted by Gasteiger charge is -2.30. The van der Waals surface area contributed by atoms with Crippen LogP contribution in [-0.4, -0.2) is 31.9 Å². The van der Waals surface area contributed by atoms with Crippen LogP contribution in [0.2, 0.25) is 5.02 Å². The third-order valence-corrected chi connectivity index (χ3v) is 5.47. The molecule has 0 aliphatic carbocycles. The Labute approximate surface area is 113 Å². The molecule has 18 heavy (non-hydrogen) atoms. The summed E-state index contributed by atoms with van der Waals surface area (Å²) in [6.07, 6.45) is 1.66. The number of hydrogen-bond donors (Lipinski definition) is 1. The molecule has 0 saturated carbocycles. The number of rotatable bonds is 2. The van der Waals surface area contributed by atoms with E-state index in [0.717, 1.165) is 18.4 Å². The van der Waals surface area contributed by atoms with Gasteiger partial charge in [-0.15, -0.1) is 0 Å². The Hall–Kier alpha value is -0.620. The van der Waals surface area contributed by atoms with Gasteiger partial charge in [-0.3, -0.25) is 0 Å². The van der Waals surface area contributed by atoms with E-state index in [2.05, 4.69) is 0 Å². The van der Waals surface area contributed by atoms with Crippen molar-refractivity contribution in [1.29, 1.82) is 0 Å². The van der Waals surface area contributed by atoms with E-state index in [1.54, 1.807) is 18.2 Å². The Morgan fingerprint density at radius 2 is 2.17 bits per heavy atom. The Morgan fingerprint density at radius 3 is 2.78 bits per heavy atom. The molecule has 0 radical (unpaired) electrons. The van der Waals surface area contributed by atoms with Gasteiger partial charge in [0.1, 0.15) is 4.90 Å². The zero-order valence-corrected chi connectivity index (χ0v) is 11.8. The maximum atomic E-state index is 12.5. The number of sulfonamides is 1. The second kappa shape index (κ2) is 5.17. The van der Waals surface area contributed by atoms with Crippen molar-refractivity contribution >= 4 is 21.6 Å². The lowest BCUT2D eigenvalue weighted by molar-refractivity contribution is 0.316. The Kier molecular flexibility index (Phi) is 3.96. The summed E-state index contributed by atoms with van der Waals surface area (Å²) in [6.45, 7) is 2.76. The number of halogens is 1. The molecule has 2 rings (SSSR count). The third-order valence-electron chi connectivity index (χ3n) is 3.13. The fourth-order valence-corrected chi connectivity index (χ4v) is 4.25. The lowest BCUT2D eigenvalue weighted by Crippen LogP contribution is -2.45. The summed E-state index contributed by atoms with van der Waals surface area (Å²) >= 11 is 6.03. The van der Waals surface area contributed by atoms with Crippen LogP contribution in [0.25, 0.3) is 0 Å². The van der Waals surface area contributed by atoms with Gasteiger partial charge in [0.25, 0.3) is 0 Å².